The van der Waals surface area contributed by atoms with Crippen molar-refractivity contribution in [3.63, 3.8) is 0 Å². The molecule has 0 aliphatic heterocycles. The van der Waals surface area contributed by atoms with Gasteiger partial charge in [-0.05, 0) is 12.1 Å². The number of nitrogens with zero attached hydrogens (tertiary/aromatic N) is 6. The first-order valence-electron chi connectivity index (χ1n) is 6.26. The summed E-state index contributed by atoms with van der Waals surface area (Å²) in [5.74, 6) is 1.59. The molecule has 0 aliphatic carbocycles. The van der Waals surface area contributed by atoms with Crippen LogP contribution in [-0.4, -0.2) is 35.6 Å². The lowest BCUT2D eigenvalue weighted by molar-refractivity contribution is 0.877. The van der Waals surface area contributed by atoms with Crippen LogP contribution in [0.5, 0.6) is 0 Å². The number of hydrogen-bond acceptors (Lipinski definition) is 6. The van der Waals surface area contributed by atoms with Crippen molar-refractivity contribution < 1.29 is 0 Å². The van der Waals surface area contributed by atoms with E-state index < -0.39 is 0 Å². The number of aromatic nitrogens is 3. The Labute approximate surface area is 118 Å². The summed E-state index contributed by atoms with van der Waals surface area (Å²) in [4.78, 5) is 16.4. The van der Waals surface area contributed by atoms with Gasteiger partial charge in [0.2, 0.25) is 0 Å². The van der Waals surface area contributed by atoms with Gasteiger partial charge >= 0.3 is 0 Å². The zero-order valence-corrected chi connectivity index (χ0v) is 11.6. The normalized spacial score (nSPS) is 9.85. The topological polar surface area (TPSA) is 68.9 Å². The van der Waals surface area contributed by atoms with Crippen molar-refractivity contribution >= 4 is 17.3 Å². The van der Waals surface area contributed by atoms with E-state index in [0.717, 1.165) is 17.3 Å². The number of anilines is 3. The molecule has 0 radical (unpaired) electrons. The van der Waals surface area contributed by atoms with Crippen LogP contribution < -0.4 is 9.80 Å². The van der Waals surface area contributed by atoms with Crippen molar-refractivity contribution in [1.82, 2.24) is 15.0 Å². The van der Waals surface area contributed by atoms with Gasteiger partial charge in [0.15, 0.2) is 0 Å². The minimum absolute atomic E-state index is 0.468. The molecule has 2 aromatic rings. The second-order valence-corrected chi connectivity index (χ2v) is 4.33. The van der Waals surface area contributed by atoms with E-state index in [0.29, 0.717) is 13.0 Å². The predicted octanol–water partition coefficient (Wildman–Crippen LogP) is 1.99. The van der Waals surface area contributed by atoms with Crippen LogP contribution in [0.1, 0.15) is 6.42 Å². The first-order valence-corrected chi connectivity index (χ1v) is 6.26. The minimum Gasteiger partial charge on any atom is -0.358 e. The van der Waals surface area contributed by atoms with Crippen LogP contribution in [0, 0.1) is 11.3 Å². The monoisotopic (exact) mass is 268 g/mol. The molecule has 2 heterocycles. The maximum Gasteiger partial charge on any atom is 0.138 e. The highest BCUT2D eigenvalue weighted by Gasteiger charge is 2.08. The molecule has 20 heavy (non-hydrogen) atoms. The third kappa shape index (κ3) is 3.20. The summed E-state index contributed by atoms with van der Waals surface area (Å²) in [5, 5.41) is 8.63. The molecular formula is C14H16N6. The number of pyridine rings is 1. The minimum atomic E-state index is 0.468. The Morgan fingerprint density at radius 3 is 2.55 bits per heavy atom. The van der Waals surface area contributed by atoms with Gasteiger partial charge in [0.1, 0.15) is 18.0 Å². The summed E-state index contributed by atoms with van der Waals surface area (Å²) in [6.07, 6.45) is 5.49. The summed E-state index contributed by atoms with van der Waals surface area (Å²) < 4.78 is 0. The van der Waals surface area contributed by atoms with Crippen molar-refractivity contribution in [2.45, 2.75) is 6.42 Å². The van der Waals surface area contributed by atoms with E-state index in [9.17, 15) is 0 Å². The highest BCUT2D eigenvalue weighted by Crippen LogP contribution is 2.22. The van der Waals surface area contributed by atoms with Crippen molar-refractivity contribution in [2.75, 3.05) is 30.4 Å². The molecule has 0 N–H and O–H groups in total. The Bertz CT molecular complexity index is 592. The fourth-order valence-corrected chi connectivity index (χ4v) is 1.76. The van der Waals surface area contributed by atoms with Gasteiger partial charge in [-0.3, -0.25) is 4.98 Å². The maximum atomic E-state index is 8.63. The number of rotatable bonds is 5. The Kier molecular flexibility index (Phi) is 4.45. The second-order valence-electron chi connectivity index (χ2n) is 4.33. The van der Waals surface area contributed by atoms with Gasteiger partial charge in [-0.15, -0.1) is 0 Å². The maximum absolute atomic E-state index is 8.63. The highest BCUT2D eigenvalue weighted by molar-refractivity contribution is 5.61. The molecule has 0 saturated heterocycles. The van der Waals surface area contributed by atoms with Crippen LogP contribution in [0.2, 0.25) is 0 Å². The van der Waals surface area contributed by atoms with Gasteiger partial charge in [0, 0.05) is 44.8 Å². The van der Waals surface area contributed by atoms with Crippen LogP contribution in [0.25, 0.3) is 0 Å². The van der Waals surface area contributed by atoms with E-state index in [1.807, 2.05) is 42.1 Å². The van der Waals surface area contributed by atoms with Gasteiger partial charge in [0.25, 0.3) is 0 Å². The SMILES string of the molecule is CN(CCC#N)c1cc(N(C)c2ccncc2)ncn1. The lowest BCUT2D eigenvalue weighted by Gasteiger charge is -2.21. The van der Waals surface area contributed by atoms with E-state index in [4.69, 9.17) is 5.26 Å². The van der Waals surface area contributed by atoms with E-state index in [-0.39, 0.29) is 0 Å². The molecule has 0 saturated carbocycles. The van der Waals surface area contributed by atoms with Gasteiger partial charge in [-0.1, -0.05) is 0 Å². The first-order chi connectivity index (χ1) is 9.72. The average molecular weight is 268 g/mol. The molecule has 0 fully saturated rings. The van der Waals surface area contributed by atoms with Gasteiger partial charge in [-0.25, -0.2) is 9.97 Å². The van der Waals surface area contributed by atoms with Gasteiger partial charge < -0.3 is 9.80 Å². The van der Waals surface area contributed by atoms with E-state index >= 15 is 0 Å². The third-order valence-corrected chi connectivity index (χ3v) is 2.98. The van der Waals surface area contributed by atoms with Crippen LogP contribution in [-0.2, 0) is 0 Å². The lowest BCUT2D eigenvalue weighted by atomic mass is 10.3. The van der Waals surface area contributed by atoms with Gasteiger partial charge in [0.05, 0.1) is 12.5 Å². The largest absolute Gasteiger partial charge is 0.358 e. The molecular weight excluding hydrogens is 252 g/mol. The van der Waals surface area contributed by atoms with E-state index in [1.165, 1.54) is 6.33 Å². The molecule has 2 aromatic heterocycles. The predicted molar refractivity (Wildman–Crippen MR) is 77.8 cm³/mol. The zero-order valence-electron chi connectivity index (χ0n) is 11.6. The Hall–Kier alpha value is -2.68. The number of hydrogen-bond donors (Lipinski definition) is 0. The van der Waals surface area contributed by atoms with Crippen LogP contribution in [0.3, 0.4) is 0 Å². The van der Waals surface area contributed by atoms with Gasteiger partial charge in [-0.2, -0.15) is 5.26 Å². The smallest absolute Gasteiger partial charge is 0.138 e. The second kappa shape index (κ2) is 6.48. The van der Waals surface area contributed by atoms with Crippen molar-refractivity contribution in [1.29, 1.82) is 5.26 Å². The molecule has 0 spiro atoms. The fraction of sp³-hybridized carbons (Fsp3) is 0.286. The lowest BCUT2D eigenvalue weighted by Crippen LogP contribution is -2.20. The third-order valence-electron chi connectivity index (χ3n) is 2.98. The zero-order chi connectivity index (χ0) is 14.4. The molecule has 0 bridgehead atoms. The molecule has 0 atom stereocenters. The van der Waals surface area contributed by atoms with E-state index in [1.54, 1.807) is 12.4 Å². The molecule has 102 valence electrons. The molecule has 0 aromatic carbocycles. The Balaban J connectivity index is 2.19. The highest BCUT2D eigenvalue weighted by atomic mass is 15.2. The molecule has 0 aliphatic rings. The average Bonchev–Trinajstić information content (AvgIpc) is 2.52. The summed E-state index contributed by atoms with van der Waals surface area (Å²) in [6, 6.07) is 7.87. The molecule has 2 rings (SSSR count). The standard InChI is InChI=1S/C14H16N6/c1-19(9-3-6-15)13-10-14(18-11-17-13)20(2)12-4-7-16-8-5-12/h4-5,7-8,10-11H,3,9H2,1-2H3. The van der Waals surface area contributed by atoms with Crippen LogP contribution in [0.4, 0.5) is 17.3 Å². The Morgan fingerprint density at radius 2 is 1.85 bits per heavy atom. The van der Waals surface area contributed by atoms with Crippen molar-refractivity contribution in [3.05, 3.63) is 36.9 Å². The van der Waals surface area contributed by atoms with Crippen molar-refractivity contribution in [2.24, 2.45) is 0 Å². The molecule has 0 unspecified atom stereocenters. The summed E-state index contributed by atoms with van der Waals surface area (Å²) in [6.45, 7) is 0.645. The van der Waals surface area contributed by atoms with E-state index in [2.05, 4.69) is 21.0 Å². The fourth-order valence-electron chi connectivity index (χ4n) is 1.76. The summed E-state index contributed by atoms with van der Waals surface area (Å²) >= 11 is 0. The van der Waals surface area contributed by atoms with Crippen LogP contribution in [0.15, 0.2) is 36.9 Å². The molecule has 6 heteroatoms. The summed E-state index contributed by atoms with van der Waals surface area (Å²) in [5.41, 5.74) is 1.00. The van der Waals surface area contributed by atoms with Crippen molar-refractivity contribution in [3.8, 4) is 6.07 Å². The summed E-state index contributed by atoms with van der Waals surface area (Å²) in [7, 11) is 3.85. The molecule has 0 amide bonds. The number of nitriles is 1. The quantitative estimate of drug-likeness (QED) is 0.826. The van der Waals surface area contributed by atoms with Crippen LogP contribution >= 0.6 is 0 Å². The Morgan fingerprint density at radius 1 is 1.15 bits per heavy atom. The first kappa shape index (κ1) is 13.7. The molecule has 6 nitrogen and oxygen atoms in total.